The molecule has 0 aromatic carbocycles. The van der Waals surface area contributed by atoms with Crippen molar-refractivity contribution < 1.29 is 0 Å². The molecule has 1 heterocycles. The highest BCUT2D eigenvalue weighted by molar-refractivity contribution is 5.44. The van der Waals surface area contributed by atoms with Crippen LogP contribution in [0.15, 0.2) is 18.3 Å². The number of pyridine rings is 1. The smallest absolute Gasteiger partial charge is 0.0449 e. The largest absolute Gasteiger partial charge is 0.382 e. The molecule has 1 N–H and O–H groups in total. The number of hydrogen-bond donors (Lipinski definition) is 1. The minimum Gasteiger partial charge on any atom is -0.382 e. The van der Waals surface area contributed by atoms with Gasteiger partial charge in [-0.3, -0.25) is 4.98 Å². The summed E-state index contributed by atoms with van der Waals surface area (Å²) in [7, 11) is 0. The molecule has 1 aliphatic carbocycles. The van der Waals surface area contributed by atoms with Gasteiger partial charge in [-0.15, -0.1) is 0 Å². The van der Waals surface area contributed by atoms with E-state index in [-0.39, 0.29) is 0 Å². The Balaban J connectivity index is 1.91. The van der Waals surface area contributed by atoms with Gasteiger partial charge in [-0.1, -0.05) is 34.6 Å². The van der Waals surface area contributed by atoms with E-state index in [9.17, 15) is 0 Å². The van der Waals surface area contributed by atoms with E-state index in [2.05, 4.69) is 57.1 Å². The van der Waals surface area contributed by atoms with Crippen molar-refractivity contribution in [3.8, 4) is 0 Å². The quantitative estimate of drug-likeness (QED) is 0.817. The van der Waals surface area contributed by atoms with Crippen LogP contribution in [0.25, 0.3) is 0 Å². The third-order valence-electron chi connectivity index (χ3n) is 4.70. The fourth-order valence-corrected chi connectivity index (χ4v) is 3.19. The van der Waals surface area contributed by atoms with E-state index in [0.717, 1.165) is 5.92 Å². The highest BCUT2D eigenvalue weighted by Gasteiger charge is 2.29. The van der Waals surface area contributed by atoms with E-state index >= 15 is 0 Å². The van der Waals surface area contributed by atoms with Gasteiger partial charge in [0.1, 0.15) is 0 Å². The second-order valence-electron chi connectivity index (χ2n) is 7.68. The third kappa shape index (κ3) is 3.97. The monoisotopic (exact) mass is 274 g/mol. The summed E-state index contributed by atoms with van der Waals surface area (Å²) in [6, 6.07) is 4.94. The van der Waals surface area contributed by atoms with E-state index in [1.807, 2.05) is 6.20 Å². The number of anilines is 1. The average molecular weight is 274 g/mol. The first-order valence-electron chi connectivity index (χ1n) is 8.08. The molecule has 2 rings (SSSR count). The van der Waals surface area contributed by atoms with Crippen LogP contribution in [0.4, 0.5) is 5.69 Å². The summed E-state index contributed by atoms with van der Waals surface area (Å²) in [6.07, 6.45) is 7.22. The van der Waals surface area contributed by atoms with Crippen molar-refractivity contribution in [2.24, 2.45) is 11.3 Å². The lowest BCUT2D eigenvalue weighted by Crippen LogP contribution is -2.31. The van der Waals surface area contributed by atoms with Crippen molar-refractivity contribution in [1.29, 1.82) is 0 Å². The lowest BCUT2D eigenvalue weighted by molar-refractivity contribution is 0.173. The van der Waals surface area contributed by atoms with Gasteiger partial charge in [-0.2, -0.15) is 0 Å². The van der Waals surface area contributed by atoms with Crippen LogP contribution in [0.2, 0.25) is 0 Å². The van der Waals surface area contributed by atoms with E-state index in [4.69, 9.17) is 0 Å². The molecule has 0 saturated heterocycles. The number of rotatable bonds is 3. The van der Waals surface area contributed by atoms with Crippen LogP contribution in [0.1, 0.15) is 71.9 Å². The summed E-state index contributed by atoms with van der Waals surface area (Å²) in [5, 5.41) is 3.71. The Labute approximate surface area is 124 Å². The fourth-order valence-electron chi connectivity index (χ4n) is 3.19. The molecule has 112 valence electrons. The number of nitrogens with zero attached hydrogens (tertiary/aromatic N) is 1. The molecule has 2 heteroatoms. The van der Waals surface area contributed by atoms with Gasteiger partial charge in [0.2, 0.25) is 0 Å². The predicted molar refractivity (Wildman–Crippen MR) is 87.1 cm³/mol. The van der Waals surface area contributed by atoms with Gasteiger partial charge >= 0.3 is 0 Å². The maximum Gasteiger partial charge on any atom is 0.0449 e. The Hall–Kier alpha value is -1.05. The molecule has 2 nitrogen and oxygen atoms in total. The predicted octanol–water partition coefficient (Wildman–Crippen LogP) is 5.22. The number of hydrogen-bond acceptors (Lipinski definition) is 2. The molecule has 1 aromatic rings. The summed E-state index contributed by atoms with van der Waals surface area (Å²) >= 11 is 0. The Kier molecular flexibility index (Phi) is 4.72. The Morgan fingerprint density at radius 1 is 1.15 bits per heavy atom. The van der Waals surface area contributed by atoms with Crippen LogP contribution in [0.5, 0.6) is 0 Å². The van der Waals surface area contributed by atoms with Gasteiger partial charge in [-0.25, -0.2) is 0 Å². The molecule has 0 aliphatic heterocycles. The van der Waals surface area contributed by atoms with E-state index < -0.39 is 0 Å². The Morgan fingerprint density at radius 3 is 2.35 bits per heavy atom. The van der Waals surface area contributed by atoms with Crippen LogP contribution in [0, 0.1) is 11.3 Å². The molecule has 0 bridgehead atoms. The molecule has 0 spiro atoms. The summed E-state index contributed by atoms with van der Waals surface area (Å²) in [5.41, 5.74) is 2.88. The molecule has 0 atom stereocenters. The highest BCUT2D eigenvalue weighted by atomic mass is 14.9. The lowest BCUT2D eigenvalue weighted by Gasteiger charge is -2.37. The van der Waals surface area contributed by atoms with Crippen molar-refractivity contribution in [3.05, 3.63) is 24.0 Å². The summed E-state index contributed by atoms with van der Waals surface area (Å²) in [6.45, 7) is 11.5. The zero-order chi connectivity index (χ0) is 14.8. The fraction of sp³-hybridized carbons (Fsp3) is 0.722. The highest BCUT2D eigenvalue weighted by Crippen LogP contribution is 2.38. The molecule has 20 heavy (non-hydrogen) atoms. The van der Waals surface area contributed by atoms with E-state index in [0.29, 0.717) is 17.4 Å². The molecular formula is C18H30N2. The first-order chi connectivity index (χ1) is 9.36. The van der Waals surface area contributed by atoms with E-state index in [1.165, 1.54) is 37.1 Å². The molecule has 0 radical (unpaired) electrons. The van der Waals surface area contributed by atoms with Crippen molar-refractivity contribution in [2.75, 3.05) is 5.32 Å². The molecule has 1 aromatic heterocycles. The Morgan fingerprint density at radius 2 is 1.80 bits per heavy atom. The van der Waals surface area contributed by atoms with Gasteiger partial charge in [-0.05, 0) is 55.1 Å². The Bertz CT molecular complexity index is 423. The third-order valence-corrected chi connectivity index (χ3v) is 4.70. The molecule has 0 amide bonds. The van der Waals surface area contributed by atoms with E-state index in [1.54, 1.807) is 0 Å². The summed E-state index contributed by atoms with van der Waals surface area (Å²) in [4.78, 5) is 4.44. The average Bonchev–Trinajstić information content (AvgIpc) is 2.38. The second kappa shape index (κ2) is 6.15. The number of nitrogens with one attached hydrogen (secondary N) is 1. The summed E-state index contributed by atoms with van der Waals surface area (Å²) < 4.78 is 0. The first-order valence-corrected chi connectivity index (χ1v) is 8.08. The molecule has 1 aliphatic rings. The maximum atomic E-state index is 4.44. The first kappa shape index (κ1) is 15.3. The van der Waals surface area contributed by atoms with Crippen LogP contribution in [-0.4, -0.2) is 11.0 Å². The maximum absolute atomic E-state index is 4.44. The van der Waals surface area contributed by atoms with Crippen LogP contribution >= 0.6 is 0 Å². The molecule has 0 unspecified atom stereocenters. The molecule has 1 saturated carbocycles. The van der Waals surface area contributed by atoms with Gasteiger partial charge in [0.25, 0.3) is 0 Å². The van der Waals surface area contributed by atoms with Crippen molar-refractivity contribution in [1.82, 2.24) is 4.98 Å². The normalized spacial score (nSPS) is 23.9. The zero-order valence-corrected chi connectivity index (χ0v) is 13.7. The van der Waals surface area contributed by atoms with Crippen LogP contribution in [-0.2, 0) is 0 Å². The van der Waals surface area contributed by atoms with Gasteiger partial charge < -0.3 is 5.32 Å². The van der Waals surface area contributed by atoms with Crippen molar-refractivity contribution in [3.63, 3.8) is 0 Å². The SMILES string of the molecule is CC(C)c1cc(NC2CCC(C(C)(C)C)CC2)ccn1. The minimum atomic E-state index is 0.465. The number of aromatic nitrogens is 1. The zero-order valence-electron chi connectivity index (χ0n) is 13.7. The standard InChI is InChI=1S/C18H30N2/c1-13(2)17-12-16(10-11-19-17)20-15-8-6-14(7-9-15)18(3,4)5/h10-15H,6-9H2,1-5H3,(H,19,20). The summed E-state index contributed by atoms with van der Waals surface area (Å²) in [5.74, 6) is 1.37. The molecular weight excluding hydrogens is 244 g/mol. The van der Waals surface area contributed by atoms with Crippen LogP contribution < -0.4 is 5.32 Å². The topological polar surface area (TPSA) is 24.9 Å². The second-order valence-corrected chi connectivity index (χ2v) is 7.68. The van der Waals surface area contributed by atoms with Gasteiger partial charge in [0.05, 0.1) is 0 Å². The lowest BCUT2D eigenvalue weighted by atomic mass is 9.71. The van der Waals surface area contributed by atoms with Crippen molar-refractivity contribution in [2.45, 2.75) is 72.3 Å². The van der Waals surface area contributed by atoms with Gasteiger partial charge in [0, 0.05) is 23.6 Å². The van der Waals surface area contributed by atoms with Gasteiger partial charge in [0.15, 0.2) is 0 Å². The minimum absolute atomic E-state index is 0.465. The molecule has 1 fully saturated rings. The van der Waals surface area contributed by atoms with Crippen LogP contribution in [0.3, 0.4) is 0 Å². The van der Waals surface area contributed by atoms with Crippen molar-refractivity contribution >= 4 is 5.69 Å².